The van der Waals surface area contributed by atoms with Crippen molar-refractivity contribution in [2.75, 3.05) is 19.3 Å². The summed E-state index contributed by atoms with van der Waals surface area (Å²) in [5, 5.41) is 22.9. The molecule has 0 aliphatic rings. The van der Waals surface area contributed by atoms with Gasteiger partial charge in [0.15, 0.2) is 0 Å². The van der Waals surface area contributed by atoms with Crippen LogP contribution in [0, 0.1) is 13.8 Å². The van der Waals surface area contributed by atoms with Crippen LogP contribution in [0.25, 0.3) is 0 Å². The SMILES string of the molecule is CNCCC(O)C(O)c1c(C)cc(N)nc1C. The number of pyridine rings is 1. The third-order valence-corrected chi connectivity index (χ3v) is 2.83. The van der Waals surface area contributed by atoms with Gasteiger partial charge in [-0.05, 0) is 45.5 Å². The fraction of sp³-hybridized carbons (Fsp3) is 0.583. The van der Waals surface area contributed by atoms with Gasteiger partial charge in [-0.25, -0.2) is 4.98 Å². The Morgan fingerprint density at radius 3 is 2.59 bits per heavy atom. The van der Waals surface area contributed by atoms with E-state index in [-0.39, 0.29) is 0 Å². The Labute approximate surface area is 102 Å². The van der Waals surface area contributed by atoms with Gasteiger partial charge in [0, 0.05) is 11.3 Å². The summed E-state index contributed by atoms with van der Waals surface area (Å²) in [6.45, 7) is 4.29. The number of nitrogens with zero attached hydrogens (tertiary/aromatic N) is 1. The van der Waals surface area contributed by atoms with E-state index in [0.29, 0.717) is 30.0 Å². The minimum Gasteiger partial charge on any atom is -0.390 e. The highest BCUT2D eigenvalue weighted by Crippen LogP contribution is 2.25. The van der Waals surface area contributed by atoms with E-state index in [4.69, 9.17) is 5.73 Å². The lowest BCUT2D eigenvalue weighted by atomic mass is 9.96. The molecule has 1 heterocycles. The van der Waals surface area contributed by atoms with Gasteiger partial charge in [0.2, 0.25) is 0 Å². The van der Waals surface area contributed by atoms with E-state index in [1.54, 1.807) is 20.0 Å². The van der Waals surface area contributed by atoms with Gasteiger partial charge in [-0.15, -0.1) is 0 Å². The third-order valence-electron chi connectivity index (χ3n) is 2.83. The van der Waals surface area contributed by atoms with Crippen LogP contribution in [0.5, 0.6) is 0 Å². The second-order valence-electron chi connectivity index (χ2n) is 4.27. The number of hydrogen-bond acceptors (Lipinski definition) is 5. The zero-order chi connectivity index (χ0) is 13.0. The van der Waals surface area contributed by atoms with Crippen molar-refractivity contribution < 1.29 is 10.2 Å². The minimum absolute atomic E-state index is 0.431. The first-order valence-electron chi connectivity index (χ1n) is 5.71. The normalized spacial score (nSPS) is 14.6. The fourth-order valence-corrected chi connectivity index (χ4v) is 1.96. The summed E-state index contributed by atoms with van der Waals surface area (Å²) >= 11 is 0. The number of rotatable bonds is 5. The highest BCUT2D eigenvalue weighted by atomic mass is 16.3. The molecular formula is C12H21N3O2. The Balaban J connectivity index is 2.91. The molecule has 0 saturated heterocycles. The summed E-state index contributed by atoms with van der Waals surface area (Å²) in [6, 6.07) is 1.70. The average molecular weight is 239 g/mol. The van der Waals surface area contributed by atoms with Crippen LogP contribution in [-0.4, -0.2) is 34.9 Å². The quantitative estimate of drug-likeness (QED) is 0.592. The molecule has 1 aromatic heterocycles. The van der Waals surface area contributed by atoms with E-state index in [1.165, 1.54) is 0 Å². The van der Waals surface area contributed by atoms with Crippen molar-refractivity contribution in [3.8, 4) is 0 Å². The molecule has 0 aliphatic heterocycles. The highest BCUT2D eigenvalue weighted by molar-refractivity contribution is 5.41. The number of nitrogen functional groups attached to an aromatic ring is 1. The first kappa shape index (κ1) is 13.9. The molecule has 5 N–H and O–H groups in total. The maximum Gasteiger partial charge on any atom is 0.123 e. The lowest BCUT2D eigenvalue weighted by Gasteiger charge is -2.21. The lowest BCUT2D eigenvalue weighted by Crippen LogP contribution is -2.24. The standard InChI is InChI=1S/C12H21N3O2/c1-7-6-10(13)15-8(2)11(7)12(17)9(16)4-5-14-3/h6,9,12,14,16-17H,4-5H2,1-3H3,(H2,13,15). The Bertz CT molecular complexity index is 359. The van der Waals surface area contributed by atoms with Crippen LogP contribution in [-0.2, 0) is 0 Å². The lowest BCUT2D eigenvalue weighted by molar-refractivity contribution is 0.0131. The Hall–Kier alpha value is -1.17. The molecule has 1 aromatic rings. The molecule has 0 radical (unpaired) electrons. The number of aromatic nitrogens is 1. The molecule has 2 atom stereocenters. The molecule has 96 valence electrons. The van der Waals surface area contributed by atoms with Crippen LogP contribution in [0.15, 0.2) is 6.07 Å². The summed E-state index contributed by atoms with van der Waals surface area (Å²) in [6.07, 6.45) is -1.23. The maximum atomic E-state index is 10.1. The van der Waals surface area contributed by atoms with Crippen LogP contribution in [0.3, 0.4) is 0 Å². The number of nitrogens with one attached hydrogen (secondary N) is 1. The van der Waals surface area contributed by atoms with Crippen molar-refractivity contribution in [1.82, 2.24) is 10.3 Å². The number of aliphatic hydroxyl groups is 2. The first-order chi connectivity index (χ1) is 7.97. The Kier molecular flexibility index (Phi) is 4.86. The predicted octanol–water partition coefficient (Wildman–Crippen LogP) is 0.284. The number of nitrogens with two attached hydrogens (primary N) is 1. The Morgan fingerprint density at radius 1 is 1.41 bits per heavy atom. The molecule has 0 amide bonds. The van der Waals surface area contributed by atoms with Crippen molar-refractivity contribution in [3.05, 3.63) is 22.9 Å². The average Bonchev–Trinajstić information content (AvgIpc) is 2.24. The van der Waals surface area contributed by atoms with Gasteiger partial charge >= 0.3 is 0 Å². The zero-order valence-electron chi connectivity index (χ0n) is 10.6. The van der Waals surface area contributed by atoms with Gasteiger partial charge < -0.3 is 21.3 Å². The molecule has 0 saturated carbocycles. The highest BCUT2D eigenvalue weighted by Gasteiger charge is 2.22. The van der Waals surface area contributed by atoms with Gasteiger partial charge in [0.1, 0.15) is 11.9 Å². The Morgan fingerprint density at radius 2 is 2.06 bits per heavy atom. The zero-order valence-corrected chi connectivity index (χ0v) is 10.6. The predicted molar refractivity (Wildman–Crippen MR) is 67.6 cm³/mol. The van der Waals surface area contributed by atoms with Crippen LogP contribution < -0.4 is 11.1 Å². The molecule has 5 nitrogen and oxygen atoms in total. The van der Waals surface area contributed by atoms with E-state index in [0.717, 1.165) is 5.56 Å². The molecular weight excluding hydrogens is 218 g/mol. The van der Waals surface area contributed by atoms with E-state index in [1.807, 2.05) is 6.92 Å². The molecule has 0 fully saturated rings. The molecule has 0 bridgehead atoms. The van der Waals surface area contributed by atoms with Gasteiger partial charge in [0.25, 0.3) is 0 Å². The van der Waals surface area contributed by atoms with Crippen LogP contribution in [0.2, 0.25) is 0 Å². The van der Waals surface area contributed by atoms with Crippen molar-refractivity contribution >= 4 is 5.82 Å². The maximum absolute atomic E-state index is 10.1. The minimum atomic E-state index is -0.920. The van der Waals surface area contributed by atoms with E-state index < -0.39 is 12.2 Å². The van der Waals surface area contributed by atoms with Crippen molar-refractivity contribution in [3.63, 3.8) is 0 Å². The van der Waals surface area contributed by atoms with Gasteiger partial charge in [-0.2, -0.15) is 0 Å². The second kappa shape index (κ2) is 5.95. The molecule has 2 unspecified atom stereocenters. The summed E-state index contributed by atoms with van der Waals surface area (Å²) < 4.78 is 0. The summed E-state index contributed by atoms with van der Waals surface area (Å²) in [5.41, 5.74) is 7.81. The molecule has 1 rings (SSSR count). The van der Waals surface area contributed by atoms with Crippen molar-refractivity contribution in [1.29, 1.82) is 0 Å². The van der Waals surface area contributed by atoms with Crippen LogP contribution in [0.1, 0.15) is 29.3 Å². The number of aryl methyl sites for hydroxylation is 2. The summed E-state index contributed by atoms with van der Waals surface area (Å²) in [7, 11) is 1.81. The largest absolute Gasteiger partial charge is 0.390 e. The first-order valence-corrected chi connectivity index (χ1v) is 5.71. The van der Waals surface area contributed by atoms with E-state index in [9.17, 15) is 10.2 Å². The number of hydrogen-bond donors (Lipinski definition) is 4. The summed E-state index contributed by atoms with van der Waals surface area (Å²) in [5.74, 6) is 0.431. The van der Waals surface area contributed by atoms with Gasteiger partial charge in [0.05, 0.1) is 6.10 Å². The van der Waals surface area contributed by atoms with E-state index in [2.05, 4.69) is 10.3 Å². The van der Waals surface area contributed by atoms with Crippen LogP contribution >= 0.6 is 0 Å². The molecule has 17 heavy (non-hydrogen) atoms. The molecule has 5 heteroatoms. The topological polar surface area (TPSA) is 91.4 Å². The smallest absolute Gasteiger partial charge is 0.123 e. The van der Waals surface area contributed by atoms with Crippen molar-refractivity contribution in [2.24, 2.45) is 0 Å². The third kappa shape index (κ3) is 3.39. The van der Waals surface area contributed by atoms with Gasteiger partial charge in [-0.1, -0.05) is 0 Å². The van der Waals surface area contributed by atoms with E-state index >= 15 is 0 Å². The molecule has 0 aliphatic carbocycles. The fourth-order valence-electron chi connectivity index (χ4n) is 1.96. The number of anilines is 1. The molecule has 0 spiro atoms. The summed E-state index contributed by atoms with van der Waals surface area (Å²) in [4.78, 5) is 4.11. The number of aliphatic hydroxyl groups excluding tert-OH is 2. The monoisotopic (exact) mass is 239 g/mol. The van der Waals surface area contributed by atoms with Gasteiger partial charge in [-0.3, -0.25) is 0 Å². The second-order valence-corrected chi connectivity index (χ2v) is 4.27. The van der Waals surface area contributed by atoms with Crippen molar-refractivity contribution in [2.45, 2.75) is 32.5 Å². The van der Waals surface area contributed by atoms with Crippen LogP contribution in [0.4, 0.5) is 5.82 Å². The molecule has 0 aromatic carbocycles.